The summed E-state index contributed by atoms with van der Waals surface area (Å²) < 4.78 is 29.3. The van der Waals surface area contributed by atoms with Crippen LogP contribution in [0, 0.1) is 0 Å². The van der Waals surface area contributed by atoms with Gasteiger partial charge in [-0.05, 0) is 54.6 Å². The molecule has 0 bridgehead atoms. The van der Waals surface area contributed by atoms with Crippen molar-refractivity contribution in [3.05, 3.63) is 75.8 Å². The number of fused-ring (bicyclic) bond motifs is 3. The van der Waals surface area contributed by atoms with E-state index in [9.17, 15) is 0 Å². The van der Waals surface area contributed by atoms with Crippen LogP contribution in [0.1, 0.15) is 35.4 Å². The lowest BCUT2D eigenvalue weighted by atomic mass is 9.95. The SMILES string of the molecule is COc1ccc(C2=NN3[C@@H](C2)c2cc(Br)ccc2O[C@H]3c2ccc(OC)c(OC)c2)cc1OC. The van der Waals surface area contributed by atoms with E-state index in [4.69, 9.17) is 28.8 Å². The standard InChI is InChI=1S/C26H25BrN2O5/c1-30-22-8-5-15(11-24(22)32-3)19-14-20-18-13-17(27)7-10-21(18)34-26(29(20)28-19)16-6-9-23(31-2)25(12-16)33-4/h5-13,20,26H,14H2,1-4H3/t20-,26-/m0/s1. The molecule has 7 nitrogen and oxygen atoms in total. The van der Waals surface area contributed by atoms with E-state index in [0.717, 1.165) is 39.0 Å². The maximum absolute atomic E-state index is 6.48. The Morgan fingerprint density at radius 3 is 2.21 bits per heavy atom. The van der Waals surface area contributed by atoms with Gasteiger partial charge in [0.2, 0.25) is 6.23 Å². The number of methoxy groups -OCH3 is 4. The molecule has 2 aliphatic heterocycles. The first kappa shape index (κ1) is 22.4. The summed E-state index contributed by atoms with van der Waals surface area (Å²) in [6, 6.07) is 17.8. The summed E-state index contributed by atoms with van der Waals surface area (Å²) >= 11 is 3.60. The Hall–Kier alpha value is -3.39. The predicted molar refractivity (Wildman–Crippen MR) is 132 cm³/mol. The molecule has 3 aromatic rings. The molecule has 8 heteroatoms. The predicted octanol–water partition coefficient (Wildman–Crippen LogP) is 5.73. The molecular weight excluding hydrogens is 500 g/mol. The molecular formula is C26H25BrN2O5. The van der Waals surface area contributed by atoms with Crippen LogP contribution in [0.2, 0.25) is 0 Å². The second kappa shape index (κ2) is 9.10. The molecule has 5 rings (SSSR count). The largest absolute Gasteiger partial charge is 0.493 e. The highest BCUT2D eigenvalue weighted by atomic mass is 79.9. The minimum atomic E-state index is -0.420. The van der Waals surface area contributed by atoms with E-state index in [0.29, 0.717) is 23.0 Å². The molecule has 34 heavy (non-hydrogen) atoms. The molecule has 0 spiro atoms. The van der Waals surface area contributed by atoms with E-state index < -0.39 is 6.23 Å². The third-order valence-corrected chi connectivity index (χ3v) is 6.65. The molecule has 3 aromatic carbocycles. The highest BCUT2D eigenvalue weighted by Gasteiger charge is 2.41. The number of benzene rings is 3. The maximum Gasteiger partial charge on any atom is 0.214 e. The van der Waals surface area contributed by atoms with Gasteiger partial charge < -0.3 is 23.7 Å². The third kappa shape index (κ3) is 3.81. The van der Waals surface area contributed by atoms with Gasteiger partial charge in [-0.25, -0.2) is 5.01 Å². The normalized spacial score (nSPS) is 18.4. The van der Waals surface area contributed by atoms with Crippen LogP contribution in [0.5, 0.6) is 28.7 Å². The van der Waals surface area contributed by atoms with Crippen molar-refractivity contribution in [2.75, 3.05) is 28.4 Å². The van der Waals surface area contributed by atoms with Gasteiger partial charge in [-0.3, -0.25) is 0 Å². The van der Waals surface area contributed by atoms with Crippen LogP contribution in [-0.4, -0.2) is 39.2 Å². The van der Waals surface area contributed by atoms with Gasteiger partial charge in [0, 0.05) is 27.6 Å². The van der Waals surface area contributed by atoms with Gasteiger partial charge in [0.05, 0.1) is 40.2 Å². The molecule has 0 saturated heterocycles. The van der Waals surface area contributed by atoms with Crippen molar-refractivity contribution in [1.82, 2.24) is 5.01 Å². The molecule has 0 aromatic heterocycles. The Balaban J connectivity index is 1.59. The van der Waals surface area contributed by atoms with Gasteiger partial charge in [0.1, 0.15) is 5.75 Å². The van der Waals surface area contributed by atoms with Crippen LogP contribution in [0.25, 0.3) is 0 Å². The fourth-order valence-corrected chi connectivity index (χ4v) is 4.85. The lowest BCUT2D eigenvalue weighted by molar-refractivity contribution is -0.0192. The number of ether oxygens (including phenoxy) is 5. The highest BCUT2D eigenvalue weighted by molar-refractivity contribution is 9.10. The van der Waals surface area contributed by atoms with Crippen LogP contribution in [0.4, 0.5) is 0 Å². The Bertz CT molecular complexity index is 1260. The van der Waals surface area contributed by atoms with Gasteiger partial charge in [0.15, 0.2) is 23.0 Å². The first-order valence-corrected chi connectivity index (χ1v) is 11.6. The molecule has 0 fully saturated rings. The van der Waals surface area contributed by atoms with Crippen molar-refractivity contribution >= 4 is 21.6 Å². The molecule has 2 heterocycles. The van der Waals surface area contributed by atoms with Gasteiger partial charge in [-0.1, -0.05) is 15.9 Å². The van der Waals surface area contributed by atoms with E-state index in [1.165, 1.54) is 0 Å². The fourth-order valence-electron chi connectivity index (χ4n) is 4.47. The number of halogens is 1. The van der Waals surface area contributed by atoms with Crippen molar-refractivity contribution in [3.63, 3.8) is 0 Å². The number of hydrogen-bond acceptors (Lipinski definition) is 7. The zero-order chi connectivity index (χ0) is 23.8. The Morgan fingerprint density at radius 2 is 1.50 bits per heavy atom. The summed E-state index contributed by atoms with van der Waals surface area (Å²) in [5.41, 5.74) is 3.95. The van der Waals surface area contributed by atoms with Gasteiger partial charge in [-0.2, -0.15) is 5.10 Å². The molecule has 0 aliphatic carbocycles. The molecule has 176 valence electrons. The van der Waals surface area contributed by atoms with E-state index in [1.807, 2.05) is 53.5 Å². The average molecular weight is 525 g/mol. The topological polar surface area (TPSA) is 61.8 Å². The van der Waals surface area contributed by atoms with E-state index in [-0.39, 0.29) is 6.04 Å². The summed E-state index contributed by atoms with van der Waals surface area (Å²) in [5, 5.41) is 7.07. The fraction of sp³-hybridized carbons (Fsp3) is 0.269. The number of nitrogens with zero attached hydrogens (tertiary/aromatic N) is 2. The Kier molecular flexibility index (Phi) is 6.00. The zero-order valence-electron chi connectivity index (χ0n) is 19.4. The smallest absolute Gasteiger partial charge is 0.214 e. The first-order valence-electron chi connectivity index (χ1n) is 10.8. The zero-order valence-corrected chi connectivity index (χ0v) is 21.0. The van der Waals surface area contributed by atoms with Gasteiger partial charge in [0.25, 0.3) is 0 Å². The summed E-state index contributed by atoms with van der Waals surface area (Å²) in [4.78, 5) is 0. The minimum absolute atomic E-state index is 0.0162. The monoisotopic (exact) mass is 524 g/mol. The van der Waals surface area contributed by atoms with Crippen molar-refractivity contribution in [2.24, 2.45) is 5.10 Å². The molecule has 2 atom stereocenters. The highest BCUT2D eigenvalue weighted by Crippen LogP contribution is 2.49. The molecule has 0 radical (unpaired) electrons. The summed E-state index contributed by atoms with van der Waals surface area (Å²) in [6.45, 7) is 0. The number of hydrogen-bond donors (Lipinski definition) is 0. The van der Waals surface area contributed by atoms with Crippen LogP contribution in [0.15, 0.2) is 64.2 Å². The summed E-state index contributed by atoms with van der Waals surface area (Å²) in [7, 11) is 6.52. The second-order valence-corrected chi connectivity index (χ2v) is 8.90. The Morgan fingerprint density at radius 1 is 0.824 bits per heavy atom. The number of rotatable bonds is 6. The van der Waals surface area contributed by atoms with Crippen molar-refractivity contribution in [3.8, 4) is 28.7 Å². The van der Waals surface area contributed by atoms with Crippen molar-refractivity contribution in [1.29, 1.82) is 0 Å². The third-order valence-electron chi connectivity index (χ3n) is 6.16. The van der Waals surface area contributed by atoms with E-state index in [1.54, 1.807) is 28.4 Å². The molecule has 0 amide bonds. The van der Waals surface area contributed by atoms with Crippen LogP contribution in [0.3, 0.4) is 0 Å². The van der Waals surface area contributed by atoms with Gasteiger partial charge in [-0.15, -0.1) is 0 Å². The summed E-state index contributed by atoms with van der Waals surface area (Å²) in [5.74, 6) is 3.50. The Labute approximate surface area is 207 Å². The molecule has 0 N–H and O–H groups in total. The maximum atomic E-state index is 6.48. The lowest BCUT2D eigenvalue weighted by Crippen LogP contribution is -2.33. The van der Waals surface area contributed by atoms with Crippen molar-refractivity contribution < 1.29 is 23.7 Å². The molecule has 2 aliphatic rings. The van der Waals surface area contributed by atoms with E-state index in [2.05, 4.69) is 22.0 Å². The molecule has 0 unspecified atom stereocenters. The number of hydrazone groups is 1. The molecule has 0 saturated carbocycles. The van der Waals surface area contributed by atoms with E-state index >= 15 is 0 Å². The van der Waals surface area contributed by atoms with Crippen LogP contribution in [-0.2, 0) is 0 Å². The average Bonchev–Trinajstić information content (AvgIpc) is 3.33. The van der Waals surface area contributed by atoms with Crippen molar-refractivity contribution in [2.45, 2.75) is 18.7 Å². The summed E-state index contributed by atoms with van der Waals surface area (Å²) in [6.07, 6.45) is 0.308. The van der Waals surface area contributed by atoms with Gasteiger partial charge >= 0.3 is 0 Å². The van der Waals surface area contributed by atoms with Crippen LogP contribution >= 0.6 is 15.9 Å². The second-order valence-electron chi connectivity index (χ2n) is 7.98. The quantitative estimate of drug-likeness (QED) is 0.410. The van der Waals surface area contributed by atoms with Crippen LogP contribution < -0.4 is 23.7 Å². The first-order chi connectivity index (χ1) is 16.6. The minimum Gasteiger partial charge on any atom is -0.493 e. The lowest BCUT2D eigenvalue weighted by Gasteiger charge is -2.38.